The van der Waals surface area contributed by atoms with Crippen molar-refractivity contribution in [3.05, 3.63) is 35.4 Å². The fourth-order valence-electron chi connectivity index (χ4n) is 2.95. The summed E-state index contributed by atoms with van der Waals surface area (Å²) in [7, 11) is 2.09. The van der Waals surface area contributed by atoms with E-state index in [2.05, 4.69) is 22.5 Å². The van der Waals surface area contributed by atoms with Gasteiger partial charge in [0.2, 0.25) is 0 Å². The number of hydrogen-bond acceptors (Lipinski definition) is 4. The Labute approximate surface area is 111 Å². The van der Waals surface area contributed by atoms with Crippen LogP contribution >= 0.6 is 0 Å². The fourth-order valence-corrected chi connectivity index (χ4v) is 2.95. The normalized spacial score (nSPS) is 26.5. The molecule has 1 saturated heterocycles. The molecule has 100 valence electrons. The predicted octanol–water partition coefficient (Wildman–Crippen LogP) is 1.34. The minimum atomic E-state index is -0.880. The van der Waals surface area contributed by atoms with Gasteiger partial charge in [0.1, 0.15) is 0 Å². The number of hydrogen-bond donors (Lipinski definition) is 2. The van der Waals surface area contributed by atoms with Gasteiger partial charge in [-0.2, -0.15) is 5.10 Å². The first-order valence-electron chi connectivity index (χ1n) is 6.49. The number of nitrogens with one attached hydrogen (secondary N) is 1. The van der Waals surface area contributed by atoms with Gasteiger partial charge in [-0.05, 0) is 18.7 Å². The van der Waals surface area contributed by atoms with Gasteiger partial charge in [-0.15, -0.1) is 0 Å². The molecule has 0 saturated carbocycles. The van der Waals surface area contributed by atoms with Crippen LogP contribution in [-0.4, -0.2) is 41.8 Å². The summed E-state index contributed by atoms with van der Waals surface area (Å²) in [5.74, 6) is -0.603. The van der Waals surface area contributed by atoms with Gasteiger partial charge in [0, 0.05) is 31.1 Å². The zero-order valence-corrected chi connectivity index (χ0v) is 10.8. The molecule has 1 aromatic rings. The summed E-state index contributed by atoms with van der Waals surface area (Å²) in [6.07, 6.45) is 0.958. The number of carboxylic acids is 1. The lowest BCUT2D eigenvalue weighted by Crippen LogP contribution is -2.40. The Balaban J connectivity index is 1.94. The highest BCUT2D eigenvalue weighted by atomic mass is 16.4. The molecule has 0 amide bonds. The van der Waals surface area contributed by atoms with Crippen LogP contribution in [0.1, 0.15) is 28.4 Å². The summed E-state index contributed by atoms with van der Waals surface area (Å²) < 4.78 is 0. The molecule has 1 fully saturated rings. The van der Waals surface area contributed by atoms with Crippen LogP contribution < -0.4 is 5.43 Å². The van der Waals surface area contributed by atoms with Crippen molar-refractivity contribution in [3.8, 4) is 0 Å². The molecule has 2 atom stereocenters. The van der Waals surface area contributed by atoms with Gasteiger partial charge >= 0.3 is 5.97 Å². The summed E-state index contributed by atoms with van der Waals surface area (Å²) in [6, 6.07) is 7.16. The van der Waals surface area contributed by atoms with Crippen LogP contribution in [0.2, 0.25) is 0 Å². The van der Waals surface area contributed by atoms with E-state index in [9.17, 15) is 9.90 Å². The number of fused-ring (bicyclic) bond motifs is 1. The summed E-state index contributed by atoms with van der Waals surface area (Å²) in [5, 5.41) is 13.7. The first-order valence-corrected chi connectivity index (χ1v) is 6.49. The molecule has 1 aromatic carbocycles. The smallest absolute Gasteiger partial charge is 0.336 e. The minimum absolute atomic E-state index is 0.0231. The minimum Gasteiger partial charge on any atom is -0.478 e. The third-order valence-electron chi connectivity index (χ3n) is 3.96. The maximum atomic E-state index is 11.3. The third-order valence-corrected chi connectivity index (χ3v) is 3.96. The Morgan fingerprint density at radius 3 is 3.05 bits per heavy atom. The molecular weight excluding hydrogens is 242 g/mol. The Morgan fingerprint density at radius 1 is 1.47 bits per heavy atom. The number of carboxylic acid groups (broad SMARTS) is 1. The van der Waals surface area contributed by atoms with Crippen molar-refractivity contribution in [2.75, 3.05) is 20.1 Å². The Bertz CT molecular complexity index is 541. The summed E-state index contributed by atoms with van der Waals surface area (Å²) in [6.45, 7) is 1.94. The Kier molecular flexibility index (Phi) is 2.98. The quantitative estimate of drug-likeness (QED) is 0.841. The number of likely N-dealkylation sites (tertiary alicyclic amines) is 1. The highest BCUT2D eigenvalue weighted by Gasteiger charge is 2.37. The van der Waals surface area contributed by atoms with Gasteiger partial charge in [0.15, 0.2) is 0 Å². The van der Waals surface area contributed by atoms with Crippen LogP contribution in [0.25, 0.3) is 0 Å². The number of hydrazone groups is 1. The highest BCUT2D eigenvalue weighted by Crippen LogP contribution is 2.33. The lowest BCUT2D eigenvalue weighted by molar-refractivity contribution is 0.0694. The van der Waals surface area contributed by atoms with Gasteiger partial charge in [-0.25, -0.2) is 4.79 Å². The van der Waals surface area contributed by atoms with Crippen molar-refractivity contribution < 1.29 is 9.90 Å². The number of aromatic carboxylic acids is 1. The van der Waals surface area contributed by atoms with Crippen molar-refractivity contribution in [1.82, 2.24) is 10.3 Å². The number of rotatable bonds is 2. The molecule has 5 heteroatoms. The zero-order valence-electron chi connectivity index (χ0n) is 10.8. The van der Waals surface area contributed by atoms with Crippen molar-refractivity contribution in [1.29, 1.82) is 0 Å². The summed E-state index contributed by atoms with van der Waals surface area (Å²) >= 11 is 0. The Morgan fingerprint density at radius 2 is 2.26 bits per heavy atom. The lowest BCUT2D eigenvalue weighted by Gasteiger charge is -2.31. The van der Waals surface area contributed by atoms with E-state index in [1.807, 2.05) is 12.1 Å². The van der Waals surface area contributed by atoms with Crippen molar-refractivity contribution in [2.45, 2.75) is 12.5 Å². The van der Waals surface area contributed by atoms with Gasteiger partial charge in [0.05, 0.1) is 11.6 Å². The van der Waals surface area contributed by atoms with E-state index in [1.54, 1.807) is 12.1 Å². The predicted molar refractivity (Wildman–Crippen MR) is 72.3 cm³/mol. The van der Waals surface area contributed by atoms with Crippen LogP contribution in [0.15, 0.2) is 29.4 Å². The number of carbonyl (C=O) groups is 1. The Hall–Kier alpha value is -1.88. The second kappa shape index (κ2) is 4.66. The van der Waals surface area contributed by atoms with E-state index in [1.165, 1.54) is 5.71 Å². The van der Waals surface area contributed by atoms with Gasteiger partial charge in [0.25, 0.3) is 0 Å². The van der Waals surface area contributed by atoms with E-state index < -0.39 is 5.97 Å². The number of nitrogens with zero attached hydrogens (tertiary/aromatic N) is 2. The topological polar surface area (TPSA) is 64.9 Å². The number of piperidine rings is 1. The van der Waals surface area contributed by atoms with Gasteiger partial charge < -0.3 is 15.4 Å². The fraction of sp³-hybridized carbons (Fsp3) is 0.429. The standard InChI is InChI=1S/C14H17N3O2/c1-17-7-6-12-11(8-17)13(16-15-12)9-4-2-3-5-10(9)14(18)19/h2-5,11,13,16H,6-8H2,1H3,(H,18,19). The second-order valence-electron chi connectivity index (χ2n) is 5.22. The zero-order chi connectivity index (χ0) is 13.4. The van der Waals surface area contributed by atoms with E-state index in [0.29, 0.717) is 5.56 Å². The van der Waals surface area contributed by atoms with Crippen molar-refractivity contribution in [3.63, 3.8) is 0 Å². The molecule has 0 radical (unpaired) electrons. The highest BCUT2D eigenvalue weighted by molar-refractivity contribution is 5.92. The number of benzene rings is 1. The van der Waals surface area contributed by atoms with E-state index in [0.717, 1.165) is 25.1 Å². The van der Waals surface area contributed by atoms with Crippen LogP contribution in [0.4, 0.5) is 0 Å². The first kappa shape index (κ1) is 12.2. The van der Waals surface area contributed by atoms with Crippen molar-refractivity contribution >= 4 is 11.7 Å². The average Bonchev–Trinajstić information content (AvgIpc) is 2.81. The van der Waals surface area contributed by atoms with Crippen molar-refractivity contribution in [2.24, 2.45) is 11.0 Å². The molecular formula is C14H17N3O2. The van der Waals surface area contributed by atoms with Crippen LogP contribution in [0, 0.1) is 5.92 Å². The van der Waals surface area contributed by atoms with Crippen LogP contribution in [-0.2, 0) is 0 Å². The molecule has 2 heterocycles. The van der Waals surface area contributed by atoms with Gasteiger partial charge in [-0.1, -0.05) is 18.2 Å². The summed E-state index contributed by atoms with van der Waals surface area (Å²) in [4.78, 5) is 13.6. The van der Waals surface area contributed by atoms with Crippen LogP contribution in [0.3, 0.4) is 0 Å². The summed E-state index contributed by atoms with van der Waals surface area (Å²) in [5.41, 5.74) is 5.49. The molecule has 0 spiro atoms. The SMILES string of the molecule is CN1CCC2=NNC(c3ccccc3C(=O)O)C2C1. The molecule has 2 aliphatic heterocycles. The molecule has 5 nitrogen and oxygen atoms in total. The largest absolute Gasteiger partial charge is 0.478 e. The maximum Gasteiger partial charge on any atom is 0.336 e. The van der Waals surface area contributed by atoms with Crippen LogP contribution in [0.5, 0.6) is 0 Å². The van der Waals surface area contributed by atoms with E-state index in [-0.39, 0.29) is 12.0 Å². The molecule has 3 rings (SSSR count). The molecule has 0 bridgehead atoms. The molecule has 0 aromatic heterocycles. The lowest BCUT2D eigenvalue weighted by atomic mass is 9.85. The average molecular weight is 259 g/mol. The molecule has 2 aliphatic rings. The maximum absolute atomic E-state index is 11.3. The van der Waals surface area contributed by atoms with E-state index in [4.69, 9.17) is 0 Å². The van der Waals surface area contributed by atoms with E-state index >= 15 is 0 Å². The monoisotopic (exact) mass is 259 g/mol. The van der Waals surface area contributed by atoms with Gasteiger partial charge in [-0.3, -0.25) is 0 Å². The second-order valence-corrected chi connectivity index (χ2v) is 5.22. The molecule has 19 heavy (non-hydrogen) atoms. The first-order chi connectivity index (χ1) is 9.16. The molecule has 2 N–H and O–H groups in total. The molecule has 0 aliphatic carbocycles. The molecule has 2 unspecified atom stereocenters. The third kappa shape index (κ3) is 2.10.